The Labute approximate surface area is 141 Å². The van der Waals surface area contributed by atoms with Gasteiger partial charge in [-0.2, -0.15) is 0 Å². The summed E-state index contributed by atoms with van der Waals surface area (Å²) in [5.74, 6) is -0.0430. The average Bonchev–Trinajstić information content (AvgIpc) is 2.61. The molecule has 0 aromatic heterocycles. The van der Waals surface area contributed by atoms with Gasteiger partial charge in [-0.25, -0.2) is 4.39 Å². The van der Waals surface area contributed by atoms with Crippen LogP contribution in [0.15, 0.2) is 18.2 Å². The minimum Gasteiger partial charge on any atom is -0.494 e. The number of piperazine rings is 1. The molecule has 2 saturated heterocycles. The molecule has 0 spiro atoms. The van der Waals surface area contributed by atoms with Gasteiger partial charge in [0, 0.05) is 44.5 Å². The van der Waals surface area contributed by atoms with E-state index in [4.69, 9.17) is 9.47 Å². The molecule has 2 aliphatic rings. The Bertz CT molecular complexity index is 590. The number of hydrogen-bond acceptors (Lipinski definition) is 5. The molecule has 0 aliphatic carbocycles. The maximum atomic E-state index is 13.9. The zero-order chi connectivity index (χ0) is 17.1. The Morgan fingerprint density at radius 3 is 2.71 bits per heavy atom. The van der Waals surface area contributed by atoms with Crippen LogP contribution in [0.3, 0.4) is 0 Å². The zero-order valence-electron chi connectivity index (χ0n) is 14.1. The maximum Gasteiger partial charge on any atom is 0.242 e. The summed E-state index contributed by atoms with van der Waals surface area (Å²) < 4.78 is 24.4. The third-order valence-corrected chi connectivity index (χ3v) is 4.67. The van der Waals surface area contributed by atoms with Crippen molar-refractivity contribution in [3.05, 3.63) is 24.0 Å². The number of hydrogen-bond donors (Lipinski definition) is 1. The molecule has 0 unspecified atom stereocenters. The summed E-state index contributed by atoms with van der Waals surface area (Å²) in [6.07, 6.45) is -0.111. The molecule has 1 amide bonds. The highest BCUT2D eigenvalue weighted by atomic mass is 19.1. The van der Waals surface area contributed by atoms with Crippen molar-refractivity contribution in [1.82, 2.24) is 10.2 Å². The summed E-state index contributed by atoms with van der Waals surface area (Å²) in [6, 6.07) is 4.68. The van der Waals surface area contributed by atoms with E-state index in [9.17, 15) is 9.18 Å². The van der Waals surface area contributed by atoms with Crippen LogP contribution < -0.4 is 15.0 Å². The van der Waals surface area contributed by atoms with E-state index in [0.29, 0.717) is 39.3 Å². The number of carbonyl (C=O) groups excluding carboxylic acids is 1. The topological polar surface area (TPSA) is 54.0 Å². The molecule has 24 heavy (non-hydrogen) atoms. The number of morpholine rings is 1. The number of halogens is 1. The van der Waals surface area contributed by atoms with Gasteiger partial charge in [0.1, 0.15) is 6.04 Å². The molecule has 0 radical (unpaired) electrons. The molecule has 2 atom stereocenters. The fraction of sp³-hybridized carbons (Fsp3) is 0.588. The van der Waals surface area contributed by atoms with Gasteiger partial charge in [0.15, 0.2) is 11.6 Å². The normalized spacial score (nSPS) is 24.8. The lowest BCUT2D eigenvalue weighted by Crippen LogP contribution is -2.59. The van der Waals surface area contributed by atoms with E-state index < -0.39 is 0 Å². The highest BCUT2D eigenvalue weighted by molar-refractivity contribution is 5.83. The average molecular weight is 337 g/mol. The monoisotopic (exact) mass is 337 g/mol. The molecular weight excluding hydrogens is 313 g/mol. The standard InChI is InChI=1S/C17H24FN3O3/c1-12-16(19-5-10-24-12)17(22)21-8-6-20(7-9-21)13-3-4-15(23-2)14(18)11-13/h3-4,11-12,16,19H,5-10H2,1-2H3/t12-,16+/m1/s1. The van der Waals surface area contributed by atoms with Gasteiger partial charge in [-0.1, -0.05) is 0 Å². The van der Waals surface area contributed by atoms with Crippen LogP contribution in [0, 0.1) is 5.82 Å². The second-order valence-electron chi connectivity index (χ2n) is 6.14. The molecule has 6 nitrogen and oxygen atoms in total. The van der Waals surface area contributed by atoms with Crippen molar-refractivity contribution < 1.29 is 18.7 Å². The van der Waals surface area contributed by atoms with Gasteiger partial charge in [0.2, 0.25) is 5.91 Å². The van der Waals surface area contributed by atoms with E-state index in [1.165, 1.54) is 13.2 Å². The van der Waals surface area contributed by atoms with Gasteiger partial charge in [-0.15, -0.1) is 0 Å². The number of nitrogens with one attached hydrogen (secondary N) is 1. The number of amides is 1. The van der Waals surface area contributed by atoms with Crippen LogP contribution in [0.5, 0.6) is 5.75 Å². The number of ether oxygens (including phenoxy) is 2. The molecule has 7 heteroatoms. The summed E-state index contributed by atoms with van der Waals surface area (Å²) >= 11 is 0. The summed E-state index contributed by atoms with van der Waals surface area (Å²) in [5, 5.41) is 3.24. The van der Waals surface area contributed by atoms with Crippen molar-refractivity contribution in [3.8, 4) is 5.75 Å². The van der Waals surface area contributed by atoms with Crippen LogP contribution in [-0.2, 0) is 9.53 Å². The molecule has 2 fully saturated rings. The predicted molar refractivity (Wildman–Crippen MR) is 88.9 cm³/mol. The quantitative estimate of drug-likeness (QED) is 0.887. The molecule has 1 aromatic rings. The molecule has 2 aliphatic heterocycles. The van der Waals surface area contributed by atoms with Crippen LogP contribution in [0.2, 0.25) is 0 Å². The molecule has 2 heterocycles. The Morgan fingerprint density at radius 1 is 1.33 bits per heavy atom. The van der Waals surface area contributed by atoms with Crippen LogP contribution in [0.4, 0.5) is 10.1 Å². The molecular formula is C17H24FN3O3. The smallest absolute Gasteiger partial charge is 0.242 e. The van der Waals surface area contributed by atoms with E-state index in [0.717, 1.165) is 5.69 Å². The lowest BCUT2D eigenvalue weighted by molar-refractivity contribution is -0.139. The third kappa shape index (κ3) is 3.47. The first-order valence-electron chi connectivity index (χ1n) is 8.32. The third-order valence-electron chi connectivity index (χ3n) is 4.67. The summed E-state index contributed by atoms with van der Waals surface area (Å²) in [4.78, 5) is 16.6. The molecule has 0 bridgehead atoms. The maximum absolute atomic E-state index is 13.9. The minimum absolute atomic E-state index is 0.0859. The van der Waals surface area contributed by atoms with Crippen LogP contribution in [-0.4, -0.2) is 69.4 Å². The highest BCUT2D eigenvalue weighted by Crippen LogP contribution is 2.24. The Kier molecular flexibility index (Phi) is 5.20. The van der Waals surface area contributed by atoms with E-state index in [1.807, 2.05) is 17.9 Å². The van der Waals surface area contributed by atoms with Crippen molar-refractivity contribution in [1.29, 1.82) is 0 Å². The first-order valence-corrected chi connectivity index (χ1v) is 8.32. The number of benzene rings is 1. The molecule has 1 aromatic carbocycles. The van der Waals surface area contributed by atoms with Crippen LogP contribution in [0.25, 0.3) is 0 Å². The Hall–Kier alpha value is -1.86. The lowest BCUT2D eigenvalue weighted by atomic mass is 10.1. The first kappa shape index (κ1) is 17.0. The number of rotatable bonds is 3. The summed E-state index contributed by atoms with van der Waals surface area (Å²) in [7, 11) is 1.45. The van der Waals surface area contributed by atoms with E-state index in [1.54, 1.807) is 6.07 Å². The SMILES string of the molecule is COc1ccc(N2CCN(C(=O)[C@H]3NCCO[C@@H]3C)CC2)cc1F. The fourth-order valence-corrected chi connectivity index (χ4v) is 3.24. The molecule has 0 saturated carbocycles. The van der Waals surface area contributed by atoms with Crippen LogP contribution in [0.1, 0.15) is 6.92 Å². The number of nitrogens with zero attached hydrogens (tertiary/aromatic N) is 2. The molecule has 132 valence electrons. The van der Waals surface area contributed by atoms with E-state index in [-0.39, 0.29) is 29.6 Å². The molecule has 1 N–H and O–H groups in total. The Morgan fingerprint density at radius 2 is 2.08 bits per heavy atom. The van der Waals surface area contributed by atoms with Gasteiger partial charge in [0.25, 0.3) is 0 Å². The van der Waals surface area contributed by atoms with Crippen molar-refractivity contribution in [2.45, 2.75) is 19.1 Å². The second kappa shape index (κ2) is 7.36. The van der Waals surface area contributed by atoms with Gasteiger partial charge in [0.05, 0.1) is 19.8 Å². The Balaban J connectivity index is 1.59. The zero-order valence-corrected chi connectivity index (χ0v) is 14.1. The number of carbonyl (C=O) groups is 1. The number of anilines is 1. The van der Waals surface area contributed by atoms with Gasteiger partial charge in [-0.3, -0.25) is 4.79 Å². The van der Waals surface area contributed by atoms with Gasteiger partial charge < -0.3 is 24.6 Å². The lowest BCUT2D eigenvalue weighted by Gasteiger charge is -2.39. The van der Waals surface area contributed by atoms with Gasteiger partial charge >= 0.3 is 0 Å². The fourth-order valence-electron chi connectivity index (χ4n) is 3.24. The first-order chi connectivity index (χ1) is 11.6. The van der Waals surface area contributed by atoms with Crippen molar-refractivity contribution in [2.75, 3.05) is 51.3 Å². The van der Waals surface area contributed by atoms with E-state index >= 15 is 0 Å². The summed E-state index contributed by atoms with van der Waals surface area (Å²) in [6.45, 7) is 5.87. The van der Waals surface area contributed by atoms with Crippen molar-refractivity contribution in [3.63, 3.8) is 0 Å². The largest absolute Gasteiger partial charge is 0.494 e. The second-order valence-corrected chi connectivity index (χ2v) is 6.14. The predicted octanol–water partition coefficient (Wildman–Crippen LogP) is 0.860. The van der Waals surface area contributed by atoms with Crippen LogP contribution >= 0.6 is 0 Å². The minimum atomic E-state index is -0.370. The van der Waals surface area contributed by atoms with Gasteiger partial charge in [-0.05, 0) is 19.1 Å². The summed E-state index contributed by atoms with van der Waals surface area (Å²) in [5.41, 5.74) is 0.813. The highest BCUT2D eigenvalue weighted by Gasteiger charge is 2.33. The van der Waals surface area contributed by atoms with Crippen molar-refractivity contribution >= 4 is 11.6 Å². The number of methoxy groups -OCH3 is 1. The van der Waals surface area contributed by atoms with Crippen molar-refractivity contribution in [2.24, 2.45) is 0 Å². The molecule has 3 rings (SSSR count). The van der Waals surface area contributed by atoms with E-state index in [2.05, 4.69) is 10.2 Å².